The van der Waals surface area contributed by atoms with E-state index in [0.29, 0.717) is 23.3 Å². The van der Waals surface area contributed by atoms with Crippen LogP contribution in [0.2, 0.25) is 5.02 Å². The van der Waals surface area contributed by atoms with Crippen molar-refractivity contribution < 1.29 is 19.2 Å². The van der Waals surface area contributed by atoms with Crippen molar-refractivity contribution in [1.29, 1.82) is 0 Å². The molecule has 8 nitrogen and oxygen atoms in total. The summed E-state index contributed by atoms with van der Waals surface area (Å²) < 4.78 is 5.42. The number of likely N-dealkylation sites (tertiary alicyclic amines) is 1. The fourth-order valence-corrected chi connectivity index (χ4v) is 3.08. The summed E-state index contributed by atoms with van der Waals surface area (Å²) in [6.45, 7) is 1.17. The quantitative estimate of drug-likeness (QED) is 0.745. The molecule has 0 bridgehead atoms. The van der Waals surface area contributed by atoms with Crippen molar-refractivity contribution in [2.45, 2.75) is 18.8 Å². The van der Waals surface area contributed by atoms with E-state index in [1.807, 2.05) is 17.0 Å². The van der Waals surface area contributed by atoms with Crippen molar-refractivity contribution in [1.82, 2.24) is 20.4 Å². The van der Waals surface area contributed by atoms with Gasteiger partial charge < -0.3 is 14.9 Å². The highest BCUT2D eigenvalue weighted by Gasteiger charge is 2.27. The Morgan fingerprint density at radius 2 is 2.07 bits per heavy atom. The second-order valence-electron chi connectivity index (χ2n) is 6.21. The zero-order chi connectivity index (χ0) is 18.5. The maximum absolute atomic E-state index is 11.8. The average Bonchev–Trinajstić information content (AvgIpc) is 3.11. The highest BCUT2D eigenvalue weighted by molar-refractivity contribution is 6.30. The molecule has 1 aromatic carbocycles. The first-order valence-electron chi connectivity index (χ1n) is 8.31. The van der Waals surface area contributed by atoms with Crippen molar-refractivity contribution in [2.24, 2.45) is 0 Å². The van der Waals surface area contributed by atoms with E-state index >= 15 is 0 Å². The SMILES string of the molecule is Cl.O=C(O)CNC(=O)CN1CCCC(c2nc(-c3ccc(Cl)cc3)no2)C1. The lowest BCUT2D eigenvalue weighted by atomic mass is 9.98. The first-order valence-corrected chi connectivity index (χ1v) is 8.69. The molecule has 1 unspecified atom stereocenters. The number of rotatable bonds is 6. The largest absolute Gasteiger partial charge is 0.480 e. The normalized spacial score (nSPS) is 17.1. The molecule has 10 heteroatoms. The van der Waals surface area contributed by atoms with E-state index in [2.05, 4.69) is 15.5 Å². The number of halogens is 2. The minimum Gasteiger partial charge on any atom is -0.480 e. The molecule has 1 saturated heterocycles. The minimum absolute atomic E-state index is 0. The summed E-state index contributed by atoms with van der Waals surface area (Å²) in [4.78, 5) is 28.8. The summed E-state index contributed by atoms with van der Waals surface area (Å²) in [5.74, 6) is -0.265. The van der Waals surface area contributed by atoms with E-state index in [1.54, 1.807) is 12.1 Å². The third-order valence-corrected chi connectivity index (χ3v) is 4.45. The van der Waals surface area contributed by atoms with Gasteiger partial charge in [-0.05, 0) is 43.7 Å². The molecule has 0 aliphatic carbocycles. The van der Waals surface area contributed by atoms with Gasteiger partial charge in [0, 0.05) is 17.1 Å². The molecule has 1 aliphatic rings. The molecule has 0 spiro atoms. The lowest BCUT2D eigenvalue weighted by Gasteiger charge is -2.30. The number of benzene rings is 1. The molecule has 1 amide bonds. The Kier molecular flexibility index (Phi) is 7.58. The molecule has 146 valence electrons. The maximum atomic E-state index is 11.8. The van der Waals surface area contributed by atoms with Gasteiger partial charge in [0.2, 0.25) is 17.6 Å². The smallest absolute Gasteiger partial charge is 0.322 e. The van der Waals surface area contributed by atoms with Crippen LogP contribution in [0.5, 0.6) is 0 Å². The van der Waals surface area contributed by atoms with Gasteiger partial charge >= 0.3 is 5.97 Å². The van der Waals surface area contributed by atoms with Crippen molar-refractivity contribution in [3.8, 4) is 11.4 Å². The minimum atomic E-state index is -1.06. The van der Waals surface area contributed by atoms with Crippen LogP contribution in [0.4, 0.5) is 0 Å². The average molecular weight is 415 g/mol. The van der Waals surface area contributed by atoms with Crippen LogP contribution in [0.3, 0.4) is 0 Å². The Balaban J connectivity index is 0.00000261. The second kappa shape index (κ2) is 9.68. The summed E-state index contributed by atoms with van der Waals surface area (Å²) in [5.41, 5.74) is 0.824. The van der Waals surface area contributed by atoms with Gasteiger partial charge in [-0.1, -0.05) is 16.8 Å². The lowest BCUT2D eigenvalue weighted by Crippen LogP contribution is -2.43. The highest BCUT2D eigenvalue weighted by atomic mass is 35.5. The number of aliphatic carboxylic acids is 1. The number of amides is 1. The number of carbonyl (C=O) groups is 2. The fourth-order valence-electron chi connectivity index (χ4n) is 2.95. The Bertz CT molecular complexity index is 781. The standard InChI is InChI=1S/C17H19ClN4O4.ClH/c18-13-5-3-11(4-6-13)16-20-17(26-21-16)12-2-1-7-22(9-12)10-14(23)19-8-15(24)25;/h3-6,12H,1-2,7-10H2,(H,19,23)(H,24,25);1H. The van der Waals surface area contributed by atoms with Crippen LogP contribution in [0.25, 0.3) is 11.4 Å². The van der Waals surface area contributed by atoms with Crippen LogP contribution in [0.15, 0.2) is 28.8 Å². The molecule has 27 heavy (non-hydrogen) atoms. The summed E-state index contributed by atoms with van der Waals surface area (Å²) in [6, 6.07) is 7.20. The monoisotopic (exact) mass is 414 g/mol. The Morgan fingerprint density at radius 3 is 2.78 bits per heavy atom. The van der Waals surface area contributed by atoms with E-state index in [-0.39, 0.29) is 37.3 Å². The third-order valence-electron chi connectivity index (χ3n) is 4.20. The first-order chi connectivity index (χ1) is 12.5. The number of carboxylic acid groups (broad SMARTS) is 1. The Morgan fingerprint density at radius 1 is 1.33 bits per heavy atom. The highest BCUT2D eigenvalue weighted by Crippen LogP contribution is 2.27. The van der Waals surface area contributed by atoms with Crippen LogP contribution >= 0.6 is 24.0 Å². The fraction of sp³-hybridized carbons (Fsp3) is 0.412. The summed E-state index contributed by atoms with van der Waals surface area (Å²) >= 11 is 5.89. The molecule has 1 atom stereocenters. The number of piperidine rings is 1. The molecule has 1 aromatic heterocycles. The van der Waals surface area contributed by atoms with Gasteiger partial charge in [-0.2, -0.15) is 4.98 Å². The molecular weight excluding hydrogens is 395 g/mol. The Hall–Kier alpha value is -2.16. The topological polar surface area (TPSA) is 109 Å². The molecular formula is C17H20Cl2N4O4. The van der Waals surface area contributed by atoms with E-state index in [0.717, 1.165) is 24.9 Å². The molecule has 2 aromatic rings. The molecule has 0 saturated carbocycles. The third kappa shape index (κ3) is 5.92. The number of nitrogens with one attached hydrogen (secondary N) is 1. The van der Waals surface area contributed by atoms with Gasteiger partial charge in [-0.3, -0.25) is 14.5 Å². The number of carbonyl (C=O) groups excluding carboxylic acids is 1. The first kappa shape index (κ1) is 21.1. The van der Waals surface area contributed by atoms with Gasteiger partial charge in [-0.25, -0.2) is 0 Å². The summed E-state index contributed by atoms with van der Waals surface area (Å²) in [5, 5.41) is 15.7. The molecule has 2 heterocycles. The molecule has 1 fully saturated rings. The number of hydrogen-bond donors (Lipinski definition) is 2. The van der Waals surface area contributed by atoms with E-state index in [1.165, 1.54) is 0 Å². The maximum Gasteiger partial charge on any atom is 0.322 e. The van der Waals surface area contributed by atoms with Gasteiger partial charge in [0.15, 0.2) is 0 Å². The van der Waals surface area contributed by atoms with Crippen LogP contribution in [0, 0.1) is 0 Å². The van der Waals surface area contributed by atoms with Gasteiger partial charge in [-0.15, -0.1) is 12.4 Å². The molecule has 2 N–H and O–H groups in total. The van der Waals surface area contributed by atoms with Crippen LogP contribution in [-0.2, 0) is 9.59 Å². The van der Waals surface area contributed by atoms with Gasteiger partial charge in [0.25, 0.3) is 0 Å². The van der Waals surface area contributed by atoms with Crippen molar-refractivity contribution in [2.75, 3.05) is 26.2 Å². The predicted molar refractivity (Wildman–Crippen MR) is 101 cm³/mol. The van der Waals surface area contributed by atoms with Gasteiger partial charge in [0.05, 0.1) is 12.5 Å². The second-order valence-corrected chi connectivity index (χ2v) is 6.64. The van der Waals surface area contributed by atoms with Crippen LogP contribution in [0.1, 0.15) is 24.7 Å². The van der Waals surface area contributed by atoms with E-state index in [9.17, 15) is 9.59 Å². The van der Waals surface area contributed by atoms with Crippen LogP contribution in [-0.4, -0.2) is 58.2 Å². The number of carboxylic acids is 1. The zero-order valence-electron chi connectivity index (χ0n) is 14.4. The zero-order valence-corrected chi connectivity index (χ0v) is 16.0. The Labute approximate surface area is 167 Å². The number of aromatic nitrogens is 2. The summed E-state index contributed by atoms with van der Waals surface area (Å²) in [7, 11) is 0. The van der Waals surface area contributed by atoms with Crippen molar-refractivity contribution >= 4 is 35.9 Å². The summed E-state index contributed by atoms with van der Waals surface area (Å²) in [6.07, 6.45) is 1.80. The van der Waals surface area contributed by atoms with Crippen molar-refractivity contribution in [3.63, 3.8) is 0 Å². The van der Waals surface area contributed by atoms with Crippen molar-refractivity contribution in [3.05, 3.63) is 35.2 Å². The molecule has 1 aliphatic heterocycles. The number of nitrogens with zero attached hydrogens (tertiary/aromatic N) is 3. The predicted octanol–water partition coefficient (Wildman–Crippen LogP) is 2.19. The molecule has 3 rings (SSSR count). The molecule has 0 radical (unpaired) electrons. The number of hydrogen-bond acceptors (Lipinski definition) is 6. The lowest BCUT2D eigenvalue weighted by molar-refractivity contribution is -0.138. The van der Waals surface area contributed by atoms with Crippen LogP contribution < -0.4 is 5.32 Å². The van der Waals surface area contributed by atoms with E-state index < -0.39 is 5.97 Å². The van der Waals surface area contributed by atoms with E-state index in [4.69, 9.17) is 21.2 Å². The van der Waals surface area contributed by atoms with Gasteiger partial charge in [0.1, 0.15) is 6.54 Å².